The predicted octanol–water partition coefficient (Wildman–Crippen LogP) is 16.7. The van der Waals surface area contributed by atoms with E-state index in [4.69, 9.17) is 14.2 Å². The van der Waals surface area contributed by atoms with Crippen molar-refractivity contribution in [2.24, 2.45) is 0 Å². The van der Waals surface area contributed by atoms with Crippen molar-refractivity contribution in [3.63, 3.8) is 0 Å². The van der Waals surface area contributed by atoms with Crippen molar-refractivity contribution in [3.05, 3.63) is 134 Å². The molecule has 358 valence electrons. The Balaban J connectivity index is 4.58. The van der Waals surface area contributed by atoms with Crippen LogP contribution in [0.4, 0.5) is 0 Å². The second kappa shape index (κ2) is 51.2. The summed E-state index contributed by atoms with van der Waals surface area (Å²) in [4.78, 5) is 38.0. The Kier molecular flexibility index (Phi) is 47.6. The third-order valence-corrected chi connectivity index (χ3v) is 10.1. The number of hydrogen-bond donors (Lipinski definition) is 0. The van der Waals surface area contributed by atoms with Crippen LogP contribution in [0.3, 0.4) is 0 Å². The van der Waals surface area contributed by atoms with Gasteiger partial charge in [-0.15, -0.1) is 0 Å². The molecule has 0 amide bonds. The van der Waals surface area contributed by atoms with Crippen LogP contribution in [0.1, 0.15) is 194 Å². The molecule has 1 atom stereocenters. The van der Waals surface area contributed by atoms with Crippen LogP contribution in [-0.2, 0) is 28.6 Å². The highest BCUT2D eigenvalue weighted by Crippen LogP contribution is 2.12. The monoisotopic (exact) mass is 883 g/mol. The lowest BCUT2D eigenvalue weighted by atomic mass is 10.1. The van der Waals surface area contributed by atoms with Crippen LogP contribution in [0.5, 0.6) is 0 Å². The van der Waals surface area contributed by atoms with Crippen molar-refractivity contribution in [3.8, 4) is 0 Å². The second-order valence-electron chi connectivity index (χ2n) is 16.2. The van der Waals surface area contributed by atoms with E-state index in [9.17, 15) is 14.4 Å². The van der Waals surface area contributed by atoms with Crippen LogP contribution in [0.15, 0.2) is 134 Å². The summed E-state index contributed by atoms with van der Waals surface area (Å²) >= 11 is 0. The smallest absolute Gasteiger partial charge is 0.306 e. The first-order valence-corrected chi connectivity index (χ1v) is 25.3. The van der Waals surface area contributed by atoms with Crippen molar-refractivity contribution >= 4 is 17.9 Å². The molecular weight excluding hydrogens is 793 g/mol. The van der Waals surface area contributed by atoms with E-state index in [2.05, 4.69) is 87.6 Å². The molecule has 0 aliphatic heterocycles. The zero-order chi connectivity index (χ0) is 46.5. The Hall–Kier alpha value is -4.45. The Morgan fingerprint density at radius 2 is 0.609 bits per heavy atom. The predicted molar refractivity (Wildman–Crippen MR) is 274 cm³/mol. The lowest BCUT2D eigenvalue weighted by Gasteiger charge is -2.18. The van der Waals surface area contributed by atoms with Gasteiger partial charge in [-0.3, -0.25) is 14.4 Å². The minimum Gasteiger partial charge on any atom is -0.462 e. The summed E-state index contributed by atoms with van der Waals surface area (Å²) < 4.78 is 16.7. The largest absolute Gasteiger partial charge is 0.462 e. The summed E-state index contributed by atoms with van der Waals surface area (Å²) in [5, 5.41) is 0. The van der Waals surface area contributed by atoms with E-state index in [1.54, 1.807) is 0 Å². The fourth-order valence-electron chi connectivity index (χ4n) is 6.34. The van der Waals surface area contributed by atoms with Crippen molar-refractivity contribution < 1.29 is 28.6 Å². The number of carbonyl (C=O) groups is 3. The highest BCUT2D eigenvalue weighted by Gasteiger charge is 2.19. The fourth-order valence-corrected chi connectivity index (χ4v) is 6.34. The normalized spacial score (nSPS) is 13.2. The zero-order valence-electron chi connectivity index (χ0n) is 40.7. The average molecular weight is 883 g/mol. The van der Waals surface area contributed by atoms with Gasteiger partial charge in [0.25, 0.3) is 0 Å². The molecule has 1 unspecified atom stereocenters. The van der Waals surface area contributed by atoms with Gasteiger partial charge in [-0.1, -0.05) is 225 Å². The number of rotatable bonds is 43. The summed E-state index contributed by atoms with van der Waals surface area (Å²) in [6.07, 6.45) is 71.4. The molecular formula is C58H90O6. The molecule has 64 heavy (non-hydrogen) atoms. The van der Waals surface area contributed by atoms with Crippen LogP contribution in [-0.4, -0.2) is 37.2 Å². The third kappa shape index (κ3) is 48.6. The van der Waals surface area contributed by atoms with E-state index in [0.29, 0.717) is 19.3 Å². The SMILES string of the molecule is CC\C=C/C=C\C=C/C=C\C=C\C=C/CCCCCC(=O)OCC(COC(=O)CCCCCCC\C=C/C=C\C=C/CC)OC(=O)CCCCC/C=C\C=C/CCCCCCCCC. The first kappa shape index (κ1) is 59.5. The molecule has 0 aliphatic carbocycles. The number of unbranched alkanes of at least 4 members (excludes halogenated alkanes) is 18. The minimum absolute atomic E-state index is 0.119. The van der Waals surface area contributed by atoms with Crippen molar-refractivity contribution in [2.45, 2.75) is 200 Å². The van der Waals surface area contributed by atoms with Crippen molar-refractivity contribution in [1.29, 1.82) is 0 Å². The summed E-state index contributed by atoms with van der Waals surface area (Å²) in [7, 11) is 0. The quantitative estimate of drug-likeness (QED) is 0.0263. The van der Waals surface area contributed by atoms with Crippen LogP contribution in [0.25, 0.3) is 0 Å². The summed E-state index contributed by atoms with van der Waals surface area (Å²) in [5.74, 6) is -1.02. The standard InChI is InChI=1S/C58H90O6/c1-4-7-10-13-16-19-22-25-27-29-31-33-36-39-42-45-48-51-57(60)63-54-55(53-62-56(59)50-47-44-41-38-35-32-24-21-18-15-12-9-6-3)64-58(61)52-49-46-43-40-37-34-30-28-26-23-20-17-14-11-8-5-2/h7,9-10,12-13,15-16,18-19,21-22,24-25,27-31,33-34,36-37,55H,4-6,8,11,14,17,20,23,26,32,35,38-54H2,1-3H3/b10-7-,12-9-,16-13-,18-15-,22-19-,24-21-,27-25-,30-28-,31-29+,36-33-,37-34-. The first-order chi connectivity index (χ1) is 31.5. The summed E-state index contributed by atoms with van der Waals surface area (Å²) in [5.41, 5.74) is 0. The topological polar surface area (TPSA) is 78.9 Å². The third-order valence-electron chi connectivity index (χ3n) is 10.1. The van der Waals surface area contributed by atoms with Gasteiger partial charge in [-0.05, 0) is 83.5 Å². The first-order valence-electron chi connectivity index (χ1n) is 25.3. The molecule has 0 aromatic rings. The van der Waals surface area contributed by atoms with Gasteiger partial charge in [0.1, 0.15) is 13.2 Å². The minimum atomic E-state index is -0.824. The number of allylic oxidation sites excluding steroid dienone is 22. The summed E-state index contributed by atoms with van der Waals surface area (Å²) in [6.45, 7) is 6.25. The molecule has 0 aromatic heterocycles. The number of ether oxygens (including phenoxy) is 3. The van der Waals surface area contributed by atoms with Crippen LogP contribution < -0.4 is 0 Å². The van der Waals surface area contributed by atoms with Crippen LogP contribution >= 0.6 is 0 Å². The van der Waals surface area contributed by atoms with Crippen LogP contribution in [0, 0.1) is 0 Å². The maximum absolute atomic E-state index is 12.8. The van der Waals surface area contributed by atoms with Gasteiger partial charge in [0.2, 0.25) is 0 Å². The highest BCUT2D eigenvalue weighted by atomic mass is 16.6. The van der Waals surface area contributed by atoms with Gasteiger partial charge >= 0.3 is 17.9 Å². The van der Waals surface area contributed by atoms with Gasteiger partial charge in [-0.2, -0.15) is 0 Å². The number of carbonyl (C=O) groups excluding carboxylic acids is 3. The molecule has 0 aliphatic rings. The van der Waals surface area contributed by atoms with E-state index in [-0.39, 0.29) is 37.5 Å². The molecule has 0 rings (SSSR count). The van der Waals surface area contributed by atoms with Gasteiger partial charge < -0.3 is 14.2 Å². The Bertz CT molecular complexity index is 1430. The lowest BCUT2D eigenvalue weighted by molar-refractivity contribution is -0.167. The summed E-state index contributed by atoms with van der Waals surface area (Å²) in [6, 6.07) is 0. The van der Waals surface area contributed by atoms with Crippen LogP contribution in [0.2, 0.25) is 0 Å². The lowest BCUT2D eigenvalue weighted by Crippen LogP contribution is -2.30. The average Bonchev–Trinajstić information content (AvgIpc) is 3.29. The highest BCUT2D eigenvalue weighted by molar-refractivity contribution is 5.71. The molecule has 0 saturated carbocycles. The maximum Gasteiger partial charge on any atom is 0.306 e. The van der Waals surface area contributed by atoms with E-state index < -0.39 is 6.10 Å². The molecule has 6 heteroatoms. The van der Waals surface area contributed by atoms with Gasteiger partial charge in [0.15, 0.2) is 6.10 Å². The fraction of sp³-hybridized carbons (Fsp3) is 0.569. The van der Waals surface area contributed by atoms with Gasteiger partial charge in [0, 0.05) is 19.3 Å². The Morgan fingerprint density at radius 3 is 0.984 bits per heavy atom. The van der Waals surface area contributed by atoms with Gasteiger partial charge in [-0.25, -0.2) is 0 Å². The van der Waals surface area contributed by atoms with E-state index >= 15 is 0 Å². The van der Waals surface area contributed by atoms with E-state index in [0.717, 1.165) is 103 Å². The Labute approximate surface area is 392 Å². The second-order valence-corrected chi connectivity index (χ2v) is 16.2. The zero-order valence-corrected chi connectivity index (χ0v) is 40.7. The van der Waals surface area contributed by atoms with Crippen molar-refractivity contribution in [1.82, 2.24) is 0 Å². The Morgan fingerprint density at radius 1 is 0.328 bits per heavy atom. The molecule has 6 nitrogen and oxygen atoms in total. The maximum atomic E-state index is 12.8. The molecule has 0 saturated heterocycles. The molecule has 0 bridgehead atoms. The molecule has 0 aromatic carbocycles. The molecule has 0 heterocycles. The molecule has 0 N–H and O–H groups in total. The van der Waals surface area contributed by atoms with Gasteiger partial charge in [0.05, 0.1) is 0 Å². The molecule has 0 fully saturated rings. The number of hydrogen-bond acceptors (Lipinski definition) is 6. The number of esters is 3. The van der Waals surface area contributed by atoms with Crippen molar-refractivity contribution in [2.75, 3.05) is 13.2 Å². The van der Waals surface area contributed by atoms with E-state index in [1.807, 2.05) is 66.8 Å². The van der Waals surface area contributed by atoms with E-state index in [1.165, 1.54) is 44.9 Å². The molecule has 0 radical (unpaired) electrons. The molecule has 0 spiro atoms.